The predicted octanol–water partition coefficient (Wildman–Crippen LogP) is 3.14. The van der Waals surface area contributed by atoms with Crippen LogP contribution in [0.5, 0.6) is 0 Å². The first-order chi connectivity index (χ1) is 11.1. The van der Waals surface area contributed by atoms with Gasteiger partial charge in [0.1, 0.15) is 0 Å². The molecule has 0 fully saturated rings. The Balaban J connectivity index is 1.55. The molecule has 0 bridgehead atoms. The first-order valence-corrected chi connectivity index (χ1v) is 9.28. The smallest absolute Gasteiger partial charge is 0.240 e. The molecule has 0 aliphatic heterocycles. The van der Waals surface area contributed by atoms with E-state index in [2.05, 4.69) is 9.71 Å². The van der Waals surface area contributed by atoms with Crippen molar-refractivity contribution >= 4 is 20.9 Å². The summed E-state index contributed by atoms with van der Waals surface area (Å²) in [5.74, 6) is 0. The van der Waals surface area contributed by atoms with Crippen molar-refractivity contribution < 1.29 is 8.42 Å². The quantitative estimate of drug-likeness (QED) is 0.774. The van der Waals surface area contributed by atoms with Crippen molar-refractivity contribution in [1.82, 2.24) is 9.71 Å². The second kappa shape index (κ2) is 5.51. The molecule has 1 aromatic heterocycles. The molecule has 0 saturated carbocycles. The number of rotatable bonds is 4. The van der Waals surface area contributed by atoms with E-state index in [9.17, 15) is 8.42 Å². The summed E-state index contributed by atoms with van der Waals surface area (Å²) in [6, 6.07) is 15.3. The lowest BCUT2D eigenvalue weighted by molar-refractivity contribution is 0.580. The summed E-state index contributed by atoms with van der Waals surface area (Å²) in [7, 11) is -3.49. The summed E-state index contributed by atoms with van der Waals surface area (Å²) in [5, 5.41) is 1.08. The highest BCUT2D eigenvalue weighted by atomic mass is 32.2. The Morgan fingerprint density at radius 3 is 2.70 bits per heavy atom. The lowest BCUT2D eigenvalue weighted by Crippen LogP contribution is -2.23. The number of aromatic amines is 1. The zero-order valence-electron chi connectivity index (χ0n) is 12.7. The normalized spacial score (nSPS) is 14.3. The van der Waals surface area contributed by atoms with E-state index in [0.29, 0.717) is 4.90 Å². The largest absolute Gasteiger partial charge is 0.357 e. The molecule has 1 aliphatic carbocycles. The maximum Gasteiger partial charge on any atom is 0.240 e. The molecule has 23 heavy (non-hydrogen) atoms. The van der Waals surface area contributed by atoms with Crippen LogP contribution in [0, 0.1) is 0 Å². The van der Waals surface area contributed by atoms with E-state index in [0.717, 1.165) is 35.9 Å². The van der Waals surface area contributed by atoms with Gasteiger partial charge in [-0.1, -0.05) is 24.3 Å². The van der Waals surface area contributed by atoms with Gasteiger partial charge in [-0.15, -0.1) is 0 Å². The summed E-state index contributed by atoms with van der Waals surface area (Å²) in [6.07, 6.45) is 3.14. The van der Waals surface area contributed by atoms with Crippen molar-refractivity contribution in [2.45, 2.75) is 30.7 Å². The number of benzene rings is 2. The summed E-state index contributed by atoms with van der Waals surface area (Å²) in [4.78, 5) is 3.59. The zero-order chi connectivity index (χ0) is 15.9. The molecule has 0 saturated heterocycles. The topological polar surface area (TPSA) is 62.0 Å². The number of para-hydroxylation sites is 1. The molecule has 0 atom stereocenters. The number of fused-ring (bicyclic) bond motifs is 2. The van der Waals surface area contributed by atoms with Gasteiger partial charge in [-0.3, -0.25) is 0 Å². The third-order valence-electron chi connectivity index (χ3n) is 4.42. The van der Waals surface area contributed by atoms with Gasteiger partial charge in [-0.25, -0.2) is 13.1 Å². The van der Waals surface area contributed by atoms with Gasteiger partial charge in [0, 0.05) is 11.2 Å². The van der Waals surface area contributed by atoms with Crippen LogP contribution in [0.2, 0.25) is 0 Å². The summed E-state index contributed by atoms with van der Waals surface area (Å²) < 4.78 is 27.7. The van der Waals surface area contributed by atoms with E-state index in [-0.39, 0.29) is 6.54 Å². The summed E-state index contributed by atoms with van der Waals surface area (Å²) in [5.41, 5.74) is 4.31. The van der Waals surface area contributed by atoms with Gasteiger partial charge in [-0.05, 0) is 60.0 Å². The van der Waals surface area contributed by atoms with Crippen LogP contribution >= 0.6 is 0 Å². The fraction of sp³-hybridized carbons (Fsp3) is 0.222. The van der Waals surface area contributed by atoms with Gasteiger partial charge < -0.3 is 4.98 Å². The van der Waals surface area contributed by atoms with Gasteiger partial charge in [0.25, 0.3) is 0 Å². The minimum atomic E-state index is -3.49. The van der Waals surface area contributed by atoms with Gasteiger partial charge in [0.2, 0.25) is 10.0 Å². The van der Waals surface area contributed by atoms with Crippen molar-refractivity contribution in [2.24, 2.45) is 0 Å². The van der Waals surface area contributed by atoms with Gasteiger partial charge in [0.15, 0.2) is 0 Å². The molecular weight excluding hydrogens is 308 g/mol. The van der Waals surface area contributed by atoms with Crippen LogP contribution in [0.25, 0.3) is 10.9 Å². The van der Waals surface area contributed by atoms with E-state index >= 15 is 0 Å². The highest BCUT2D eigenvalue weighted by molar-refractivity contribution is 7.89. The molecule has 0 unspecified atom stereocenters. The van der Waals surface area contributed by atoms with Gasteiger partial charge >= 0.3 is 0 Å². The Bertz CT molecular complexity index is 941. The summed E-state index contributed by atoms with van der Waals surface area (Å²) in [6.45, 7) is 0.258. The Morgan fingerprint density at radius 2 is 1.83 bits per heavy atom. The van der Waals surface area contributed by atoms with E-state index in [1.165, 1.54) is 11.1 Å². The number of hydrogen-bond acceptors (Lipinski definition) is 2. The van der Waals surface area contributed by atoms with Crippen molar-refractivity contribution in [3.8, 4) is 0 Å². The zero-order valence-corrected chi connectivity index (χ0v) is 13.5. The van der Waals surface area contributed by atoms with Crippen molar-refractivity contribution in [3.63, 3.8) is 0 Å². The number of aromatic nitrogens is 1. The second-order valence-corrected chi connectivity index (χ2v) is 7.76. The first kappa shape index (κ1) is 14.5. The van der Waals surface area contributed by atoms with Crippen molar-refractivity contribution in [2.75, 3.05) is 0 Å². The third kappa shape index (κ3) is 2.78. The Morgan fingerprint density at radius 1 is 1.00 bits per heavy atom. The average molecular weight is 326 g/mol. The van der Waals surface area contributed by atoms with Crippen molar-refractivity contribution in [1.29, 1.82) is 0 Å². The van der Waals surface area contributed by atoms with Crippen LogP contribution < -0.4 is 4.72 Å². The van der Waals surface area contributed by atoms with Crippen LogP contribution in [0.3, 0.4) is 0 Å². The number of aryl methyl sites for hydroxylation is 2. The minimum Gasteiger partial charge on any atom is -0.357 e. The van der Waals surface area contributed by atoms with Gasteiger partial charge in [0.05, 0.1) is 11.4 Å². The minimum absolute atomic E-state index is 0.258. The predicted molar refractivity (Wildman–Crippen MR) is 90.8 cm³/mol. The lowest BCUT2D eigenvalue weighted by atomic mass is 10.1. The Hall–Kier alpha value is -2.11. The van der Waals surface area contributed by atoms with Gasteiger partial charge in [-0.2, -0.15) is 0 Å². The molecule has 4 nitrogen and oxygen atoms in total. The third-order valence-corrected chi connectivity index (χ3v) is 5.82. The lowest BCUT2D eigenvalue weighted by Gasteiger charge is -2.08. The second-order valence-electron chi connectivity index (χ2n) is 5.99. The Labute approximate surface area is 135 Å². The molecule has 5 heteroatoms. The van der Waals surface area contributed by atoms with Crippen LogP contribution in [0.4, 0.5) is 0 Å². The molecule has 2 aromatic carbocycles. The molecule has 0 spiro atoms. The highest BCUT2D eigenvalue weighted by Gasteiger charge is 2.18. The van der Waals surface area contributed by atoms with E-state index < -0.39 is 10.0 Å². The number of hydrogen-bond donors (Lipinski definition) is 2. The fourth-order valence-electron chi connectivity index (χ4n) is 3.20. The van der Waals surface area contributed by atoms with Crippen LogP contribution in [-0.4, -0.2) is 13.4 Å². The molecule has 2 N–H and O–H groups in total. The molecule has 1 aliphatic rings. The standard InChI is InChI=1S/C18H18N2O2S/c21-23(22,17-9-8-13-5-3-6-14(13)11-17)19-12-16-10-15-4-1-2-7-18(15)20-16/h1-2,4,7-11,19-20H,3,5-6,12H2. The molecule has 3 aromatic rings. The maximum atomic E-state index is 12.5. The van der Waals surface area contributed by atoms with E-state index in [4.69, 9.17) is 0 Å². The molecular formula is C18H18N2O2S. The first-order valence-electron chi connectivity index (χ1n) is 7.80. The molecule has 0 radical (unpaired) electrons. The van der Waals surface area contributed by atoms with Crippen LogP contribution in [-0.2, 0) is 29.4 Å². The highest BCUT2D eigenvalue weighted by Crippen LogP contribution is 2.24. The molecule has 4 rings (SSSR count). The van der Waals surface area contributed by atoms with Crippen LogP contribution in [0.1, 0.15) is 23.2 Å². The SMILES string of the molecule is O=S(=O)(NCc1cc2ccccc2[nH]1)c1ccc2c(c1)CCC2. The average Bonchev–Trinajstić information content (AvgIpc) is 3.18. The van der Waals surface area contributed by atoms with Crippen molar-refractivity contribution in [3.05, 3.63) is 65.4 Å². The van der Waals surface area contributed by atoms with E-state index in [1.54, 1.807) is 6.07 Å². The number of H-pyrrole nitrogens is 1. The van der Waals surface area contributed by atoms with E-state index in [1.807, 2.05) is 42.5 Å². The summed E-state index contributed by atoms with van der Waals surface area (Å²) >= 11 is 0. The maximum absolute atomic E-state index is 12.5. The molecule has 118 valence electrons. The monoisotopic (exact) mass is 326 g/mol. The Kier molecular flexibility index (Phi) is 3.47. The number of sulfonamides is 1. The fourth-order valence-corrected chi connectivity index (χ4v) is 4.26. The number of nitrogens with one attached hydrogen (secondary N) is 2. The van der Waals surface area contributed by atoms with Crippen LogP contribution in [0.15, 0.2) is 53.4 Å². The molecule has 1 heterocycles. The molecule has 0 amide bonds.